The Bertz CT molecular complexity index is 1080. The first-order valence-electron chi connectivity index (χ1n) is 10.2. The first kappa shape index (κ1) is 22.7. The molecule has 0 saturated heterocycles. The van der Waals surface area contributed by atoms with E-state index in [4.69, 9.17) is 14.2 Å². The predicted molar refractivity (Wildman–Crippen MR) is 120 cm³/mol. The largest absolute Gasteiger partial charge is 0.490 e. The Morgan fingerprint density at radius 1 is 0.806 bits per heavy atom. The summed E-state index contributed by atoms with van der Waals surface area (Å²) < 4.78 is 45.4. The van der Waals surface area contributed by atoms with Crippen LogP contribution in [0.15, 0.2) is 77.7 Å². The van der Waals surface area contributed by atoms with Gasteiger partial charge in [-0.1, -0.05) is 24.3 Å². The van der Waals surface area contributed by atoms with E-state index in [0.29, 0.717) is 36.2 Å². The van der Waals surface area contributed by atoms with Crippen molar-refractivity contribution in [2.45, 2.75) is 31.7 Å². The van der Waals surface area contributed by atoms with Crippen molar-refractivity contribution in [3.05, 3.63) is 78.4 Å². The van der Waals surface area contributed by atoms with Gasteiger partial charge in [0, 0.05) is 6.04 Å². The minimum absolute atomic E-state index is 0.163. The minimum Gasteiger partial charge on any atom is -0.490 e. The van der Waals surface area contributed by atoms with E-state index < -0.39 is 16.1 Å². The molecule has 0 aliphatic carbocycles. The Kier molecular flexibility index (Phi) is 7.55. The molecular weight excluding hydrogens is 414 g/mol. The Morgan fingerprint density at radius 2 is 1.42 bits per heavy atom. The van der Waals surface area contributed by atoms with Crippen molar-refractivity contribution in [2.75, 3.05) is 13.2 Å². The molecule has 0 spiro atoms. The van der Waals surface area contributed by atoms with E-state index in [0.717, 1.165) is 5.56 Å². The zero-order valence-corrected chi connectivity index (χ0v) is 18.7. The summed E-state index contributed by atoms with van der Waals surface area (Å²) in [7, 11) is -3.72. The van der Waals surface area contributed by atoms with E-state index >= 15 is 0 Å². The van der Waals surface area contributed by atoms with Gasteiger partial charge in [0.1, 0.15) is 11.5 Å². The van der Waals surface area contributed by atoms with E-state index in [2.05, 4.69) is 4.72 Å². The van der Waals surface area contributed by atoms with Crippen LogP contribution in [-0.4, -0.2) is 21.6 Å². The predicted octanol–water partition coefficient (Wildman–Crippen LogP) is 5.32. The van der Waals surface area contributed by atoms with Gasteiger partial charge in [-0.3, -0.25) is 0 Å². The summed E-state index contributed by atoms with van der Waals surface area (Å²) in [6, 6.07) is 20.6. The first-order chi connectivity index (χ1) is 14.9. The molecule has 0 radical (unpaired) electrons. The molecule has 1 unspecified atom stereocenters. The Labute approximate surface area is 183 Å². The molecule has 0 saturated carbocycles. The number of sulfonamides is 1. The quantitative estimate of drug-likeness (QED) is 0.461. The third-order valence-electron chi connectivity index (χ3n) is 4.51. The molecule has 3 rings (SSSR count). The van der Waals surface area contributed by atoms with Gasteiger partial charge in [0.05, 0.1) is 18.1 Å². The molecule has 0 aromatic heterocycles. The van der Waals surface area contributed by atoms with E-state index in [9.17, 15) is 8.42 Å². The summed E-state index contributed by atoms with van der Waals surface area (Å²) in [6.45, 7) is 6.58. The average molecular weight is 442 g/mol. The highest BCUT2D eigenvalue weighted by atomic mass is 32.2. The molecule has 3 aromatic rings. The van der Waals surface area contributed by atoms with Crippen molar-refractivity contribution in [3.63, 3.8) is 0 Å². The van der Waals surface area contributed by atoms with Gasteiger partial charge in [0.25, 0.3) is 0 Å². The molecule has 0 aliphatic heterocycles. The molecule has 6 nitrogen and oxygen atoms in total. The second kappa shape index (κ2) is 10.3. The number of ether oxygens (including phenoxy) is 3. The summed E-state index contributed by atoms with van der Waals surface area (Å²) >= 11 is 0. The van der Waals surface area contributed by atoms with Crippen molar-refractivity contribution in [2.24, 2.45) is 0 Å². The molecular formula is C24H27NO5S. The van der Waals surface area contributed by atoms with E-state index in [-0.39, 0.29) is 4.90 Å². The lowest BCUT2D eigenvalue weighted by atomic mass is 10.1. The van der Waals surface area contributed by atoms with Crippen LogP contribution in [0.25, 0.3) is 0 Å². The van der Waals surface area contributed by atoms with Gasteiger partial charge in [0.15, 0.2) is 11.5 Å². The molecule has 7 heteroatoms. The fourth-order valence-corrected chi connectivity index (χ4v) is 4.25. The minimum atomic E-state index is -3.72. The van der Waals surface area contributed by atoms with Crippen molar-refractivity contribution in [3.8, 4) is 23.0 Å². The first-order valence-corrected chi connectivity index (χ1v) is 11.7. The maximum atomic E-state index is 12.9. The van der Waals surface area contributed by atoms with Crippen molar-refractivity contribution in [1.29, 1.82) is 0 Å². The molecule has 1 N–H and O–H groups in total. The van der Waals surface area contributed by atoms with Crippen LogP contribution in [0.3, 0.4) is 0 Å². The van der Waals surface area contributed by atoms with Gasteiger partial charge in [-0.15, -0.1) is 0 Å². The molecule has 3 aromatic carbocycles. The Morgan fingerprint density at radius 3 is 2.06 bits per heavy atom. The highest BCUT2D eigenvalue weighted by Gasteiger charge is 2.20. The third-order valence-corrected chi connectivity index (χ3v) is 6.07. The van der Waals surface area contributed by atoms with Gasteiger partial charge in [-0.2, -0.15) is 0 Å². The van der Waals surface area contributed by atoms with E-state index in [1.54, 1.807) is 31.2 Å². The van der Waals surface area contributed by atoms with Crippen LogP contribution >= 0.6 is 0 Å². The van der Waals surface area contributed by atoms with Crippen molar-refractivity contribution >= 4 is 10.0 Å². The molecule has 0 amide bonds. The molecule has 0 fully saturated rings. The van der Waals surface area contributed by atoms with Crippen molar-refractivity contribution in [1.82, 2.24) is 4.72 Å². The summed E-state index contributed by atoms with van der Waals surface area (Å²) in [4.78, 5) is 0.163. The van der Waals surface area contributed by atoms with Crippen LogP contribution in [-0.2, 0) is 10.0 Å². The second-order valence-corrected chi connectivity index (χ2v) is 8.52. The van der Waals surface area contributed by atoms with Crippen LogP contribution < -0.4 is 18.9 Å². The lowest BCUT2D eigenvalue weighted by Gasteiger charge is -2.18. The molecule has 31 heavy (non-hydrogen) atoms. The Hall–Kier alpha value is -3.03. The van der Waals surface area contributed by atoms with Crippen molar-refractivity contribution < 1.29 is 22.6 Å². The SMILES string of the molecule is CCOc1ccc(C(C)NS(=O)(=O)c2ccc(Oc3ccccc3)cc2)cc1OCC. The van der Waals surface area contributed by atoms with Crippen LogP contribution in [0.5, 0.6) is 23.0 Å². The van der Waals surface area contributed by atoms with Gasteiger partial charge >= 0.3 is 0 Å². The molecule has 0 aliphatic rings. The standard InChI is InChI=1S/C24H27NO5S/c1-4-28-23-16-11-19(17-24(23)29-5-2)18(3)25-31(26,27)22-14-12-21(13-15-22)30-20-9-7-6-8-10-20/h6-18,25H,4-5H2,1-3H3. The monoisotopic (exact) mass is 441 g/mol. The van der Waals surface area contributed by atoms with Gasteiger partial charge in [-0.25, -0.2) is 13.1 Å². The number of hydrogen-bond acceptors (Lipinski definition) is 5. The number of hydrogen-bond donors (Lipinski definition) is 1. The lowest BCUT2D eigenvalue weighted by molar-refractivity contribution is 0.287. The van der Waals surface area contributed by atoms with E-state index in [1.807, 2.05) is 50.2 Å². The molecule has 0 heterocycles. The number of benzene rings is 3. The fraction of sp³-hybridized carbons (Fsp3) is 0.250. The van der Waals surface area contributed by atoms with Gasteiger partial charge in [-0.05, 0) is 74.9 Å². The Balaban J connectivity index is 1.73. The maximum absolute atomic E-state index is 12.9. The van der Waals surface area contributed by atoms with Crippen LogP contribution in [0, 0.1) is 0 Å². The lowest BCUT2D eigenvalue weighted by Crippen LogP contribution is -2.26. The van der Waals surface area contributed by atoms with Crippen LogP contribution in [0.4, 0.5) is 0 Å². The second-order valence-electron chi connectivity index (χ2n) is 6.80. The number of para-hydroxylation sites is 1. The van der Waals surface area contributed by atoms with Gasteiger partial charge in [0.2, 0.25) is 10.0 Å². The smallest absolute Gasteiger partial charge is 0.241 e. The fourth-order valence-electron chi connectivity index (χ4n) is 3.02. The van der Waals surface area contributed by atoms with Crippen LogP contribution in [0.1, 0.15) is 32.4 Å². The highest BCUT2D eigenvalue weighted by Crippen LogP contribution is 2.31. The number of rotatable bonds is 10. The molecule has 1 atom stereocenters. The third kappa shape index (κ3) is 5.99. The zero-order chi connectivity index (χ0) is 22.3. The van der Waals surface area contributed by atoms with Gasteiger partial charge < -0.3 is 14.2 Å². The molecule has 164 valence electrons. The number of nitrogens with one attached hydrogen (secondary N) is 1. The summed E-state index contributed by atoms with van der Waals surface area (Å²) in [5.74, 6) is 2.48. The van der Waals surface area contributed by atoms with Crippen LogP contribution in [0.2, 0.25) is 0 Å². The average Bonchev–Trinajstić information content (AvgIpc) is 2.76. The summed E-state index contributed by atoms with van der Waals surface area (Å²) in [5, 5.41) is 0. The zero-order valence-electron chi connectivity index (χ0n) is 17.9. The summed E-state index contributed by atoms with van der Waals surface area (Å²) in [5.41, 5.74) is 0.777. The topological polar surface area (TPSA) is 73.9 Å². The van der Waals surface area contributed by atoms with E-state index in [1.165, 1.54) is 12.1 Å². The maximum Gasteiger partial charge on any atom is 0.241 e. The molecule has 0 bridgehead atoms. The normalized spacial score (nSPS) is 12.2. The summed E-state index contributed by atoms with van der Waals surface area (Å²) in [6.07, 6.45) is 0. The highest BCUT2D eigenvalue weighted by molar-refractivity contribution is 7.89.